The zero-order chi connectivity index (χ0) is 13.9. The van der Waals surface area contributed by atoms with Gasteiger partial charge in [-0.05, 0) is 26.0 Å². The first-order valence-electron chi connectivity index (χ1n) is 6.38. The third-order valence-corrected chi connectivity index (χ3v) is 3.63. The Balaban J connectivity index is 2.15. The van der Waals surface area contributed by atoms with Crippen molar-refractivity contribution in [2.75, 3.05) is 0 Å². The van der Waals surface area contributed by atoms with Crippen molar-refractivity contribution in [1.29, 1.82) is 0 Å². The second-order valence-electron chi connectivity index (χ2n) is 4.92. The zero-order valence-corrected chi connectivity index (χ0v) is 11.1. The molecular formula is C14H12FN5. The molecule has 6 heteroatoms. The summed E-state index contributed by atoms with van der Waals surface area (Å²) in [4.78, 5) is 8.71. The average molecular weight is 269 g/mol. The van der Waals surface area contributed by atoms with Gasteiger partial charge in [-0.1, -0.05) is 6.07 Å². The van der Waals surface area contributed by atoms with Crippen molar-refractivity contribution >= 4 is 0 Å². The first-order chi connectivity index (χ1) is 9.65. The summed E-state index contributed by atoms with van der Waals surface area (Å²) in [6.07, 6.45) is 1.72. The third-order valence-electron chi connectivity index (χ3n) is 3.63. The van der Waals surface area contributed by atoms with Crippen LogP contribution >= 0.6 is 0 Å². The first-order valence-corrected chi connectivity index (χ1v) is 6.38. The van der Waals surface area contributed by atoms with E-state index in [1.807, 2.05) is 24.5 Å². The molecule has 1 aliphatic rings. The van der Waals surface area contributed by atoms with Gasteiger partial charge in [0, 0.05) is 0 Å². The Morgan fingerprint density at radius 3 is 2.95 bits per heavy atom. The lowest BCUT2D eigenvalue weighted by atomic mass is 10.1. The molecule has 0 aliphatic carbocycles. The second kappa shape index (κ2) is 3.75. The topological polar surface area (TPSA) is 48.5 Å². The SMILES string of the molecule is Cc1nc2n(n1)Cc1c(C)ncn1-c1cccc(F)c1-2. The molecule has 0 fully saturated rings. The molecule has 4 rings (SSSR count). The van der Waals surface area contributed by atoms with Crippen LogP contribution < -0.4 is 0 Å². The fraction of sp³-hybridized carbons (Fsp3) is 0.214. The summed E-state index contributed by atoms with van der Waals surface area (Å²) in [7, 11) is 0. The Hall–Kier alpha value is -2.50. The van der Waals surface area contributed by atoms with Gasteiger partial charge in [0.25, 0.3) is 0 Å². The molecule has 5 nitrogen and oxygen atoms in total. The summed E-state index contributed by atoms with van der Waals surface area (Å²) in [5, 5.41) is 4.37. The molecule has 0 unspecified atom stereocenters. The smallest absolute Gasteiger partial charge is 0.163 e. The van der Waals surface area contributed by atoms with Gasteiger partial charge in [0.15, 0.2) is 5.82 Å². The Labute approximate surface area is 114 Å². The van der Waals surface area contributed by atoms with Crippen molar-refractivity contribution in [2.45, 2.75) is 20.4 Å². The molecule has 3 heterocycles. The van der Waals surface area contributed by atoms with Gasteiger partial charge in [0.1, 0.15) is 11.6 Å². The van der Waals surface area contributed by atoms with E-state index in [1.54, 1.807) is 17.1 Å². The summed E-state index contributed by atoms with van der Waals surface area (Å²) in [5.41, 5.74) is 3.15. The molecule has 100 valence electrons. The van der Waals surface area contributed by atoms with E-state index in [9.17, 15) is 4.39 Å². The highest BCUT2D eigenvalue weighted by molar-refractivity contribution is 5.70. The van der Waals surface area contributed by atoms with Crippen LogP contribution in [0.15, 0.2) is 24.5 Å². The lowest BCUT2D eigenvalue weighted by Crippen LogP contribution is -2.05. The molecule has 1 aromatic carbocycles. The fourth-order valence-electron chi connectivity index (χ4n) is 2.69. The van der Waals surface area contributed by atoms with Crippen LogP contribution in [0.3, 0.4) is 0 Å². The van der Waals surface area contributed by atoms with E-state index >= 15 is 0 Å². The normalized spacial score (nSPS) is 12.6. The van der Waals surface area contributed by atoms with Crippen LogP contribution in [0, 0.1) is 19.7 Å². The third kappa shape index (κ3) is 1.39. The molecular weight excluding hydrogens is 257 g/mol. The molecule has 0 atom stereocenters. The van der Waals surface area contributed by atoms with Crippen molar-refractivity contribution in [1.82, 2.24) is 24.3 Å². The summed E-state index contributed by atoms with van der Waals surface area (Å²) >= 11 is 0. The van der Waals surface area contributed by atoms with Gasteiger partial charge < -0.3 is 4.57 Å². The second-order valence-corrected chi connectivity index (χ2v) is 4.92. The summed E-state index contributed by atoms with van der Waals surface area (Å²) in [6, 6.07) is 5.02. The van der Waals surface area contributed by atoms with Crippen LogP contribution in [0.5, 0.6) is 0 Å². The van der Waals surface area contributed by atoms with Gasteiger partial charge in [-0.15, -0.1) is 0 Å². The van der Waals surface area contributed by atoms with Crippen molar-refractivity contribution in [3.63, 3.8) is 0 Å². The highest BCUT2D eigenvalue weighted by Crippen LogP contribution is 2.33. The molecule has 0 spiro atoms. The lowest BCUT2D eigenvalue weighted by molar-refractivity contribution is 0.625. The van der Waals surface area contributed by atoms with E-state index in [2.05, 4.69) is 15.1 Å². The van der Waals surface area contributed by atoms with E-state index in [0.29, 0.717) is 23.8 Å². The predicted molar refractivity (Wildman–Crippen MR) is 71.1 cm³/mol. The zero-order valence-electron chi connectivity index (χ0n) is 11.1. The number of hydrogen-bond acceptors (Lipinski definition) is 3. The summed E-state index contributed by atoms with van der Waals surface area (Å²) < 4.78 is 18.0. The van der Waals surface area contributed by atoms with E-state index < -0.39 is 0 Å². The molecule has 1 aliphatic heterocycles. The minimum Gasteiger partial charge on any atom is -0.300 e. The summed E-state index contributed by atoms with van der Waals surface area (Å²) in [5.74, 6) is 0.911. The number of imidazole rings is 1. The highest BCUT2D eigenvalue weighted by atomic mass is 19.1. The predicted octanol–water partition coefficient (Wildman–Crippen LogP) is 2.25. The number of halogens is 1. The lowest BCUT2D eigenvalue weighted by Gasteiger charge is -2.08. The number of nitrogens with zero attached hydrogens (tertiary/aromatic N) is 5. The van der Waals surface area contributed by atoms with E-state index in [4.69, 9.17) is 0 Å². The van der Waals surface area contributed by atoms with Crippen LogP contribution in [0.4, 0.5) is 4.39 Å². The minimum absolute atomic E-state index is 0.296. The molecule has 20 heavy (non-hydrogen) atoms. The Kier molecular flexibility index (Phi) is 2.13. The van der Waals surface area contributed by atoms with Crippen LogP contribution in [0.1, 0.15) is 17.2 Å². The molecule has 3 aromatic rings. The fourth-order valence-corrected chi connectivity index (χ4v) is 2.69. The van der Waals surface area contributed by atoms with Gasteiger partial charge in [0.2, 0.25) is 0 Å². The first kappa shape index (κ1) is 11.3. The summed E-state index contributed by atoms with van der Waals surface area (Å²) in [6.45, 7) is 4.29. The van der Waals surface area contributed by atoms with Crippen LogP contribution in [0.25, 0.3) is 17.1 Å². The molecule has 0 amide bonds. The number of hydrogen-bond donors (Lipinski definition) is 0. The number of rotatable bonds is 0. The van der Waals surface area contributed by atoms with Gasteiger partial charge in [-0.2, -0.15) is 5.10 Å². The van der Waals surface area contributed by atoms with Gasteiger partial charge in [0.05, 0.1) is 35.5 Å². The van der Waals surface area contributed by atoms with Crippen molar-refractivity contribution in [3.05, 3.63) is 47.6 Å². The van der Waals surface area contributed by atoms with Gasteiger partial charge >= 0.3 is 0 Å². The van der Waals surface area contributed by atoms with Crippen molar-refractivity contribution < 1.29 is 4.39 Å². The van der Waals surface area contributed by atoms with Crippen LogP contribution in [-0.4, -0.2) is 24.3 Å². The van der Waals surface area contributed by atoms with E-state index in [-0.39, 0.29) is 5.82 Å². The van der Waals surface area contributed by atoms with E-state index in [1.165, 1.54) is 6.07 Å². The highest BCUT2D eigenvalue weighted by Gasteiger charge is 2.25. The molecule has 0 N–H and O–H groups in total. The number of aryl methyl sites for hydroxylation is 2. The minimum atomic E-state index is -0.296. The molecule has 0 saturated heterocycles. The maximum absolute atomic E-state index is 14.3. The van der Waals surface area contributed by atoms with Gasteiger partial charge in [-0.3, -0.25) is 0 Å². The van der Waals surface area contributed by atoms with Crippen LogP contribution in [-0.2, 0) is 6.54 Å². The molecule has 2 aromatic heterocycles. The number of fused-ring (bicyclic) bond motifs is 5. The number of benzene rings is 1. The maximum Gasteiger partial charge on any atom is 0.163 e. The van der Waals surface area contributed by atoms with Crippen molar-refractivity contribution in [3.8, 4) is 17.1 Å². The maximum atomic E-state index is 14.3. The Morgan fingerprint density at radius 1 is 1.25 bits per heavy atom. The standard InChI is InChI=1S/C14H12FN5/c1-8-12-6-20-14(17-9(2)18-20)13-10(15)4-3-5-11(13)19(12)7-16-8/h3-5,7H,6H2,1-2H3. The largest absolute Gasteiger partial charge is 0.300 e. The number of aromatic nitrogens is 5. The van der Waals surface area contributed by atoms with E-state index in [0.717, 1.165) is 17.1 Å². The molecule has 0 bridgehead atoms. The van der Waals surface area contributed by atoms with Crippen molar-refractivity contribution in [2.24, 2.45) is 0 Å². The van der Waals surface area contributed by atoms with Crippen LogP contribution in [0.2, 0.25) is 0 Å². The molecule has 0 radical (unpaired) electrons. The quantitative estimate of drug-likeness (QED) is 0.492. The average Bonchev–Trinajstić information content (AvgIpc) is 2.91. The molecule has 0 saturated carbocycles. The Morgan fingerprint density at radius 2 is 2.10 bits per heavy atom. The monoisotopic (exact) mass is 269 g/mol. The Bertz CT molecular complexity index is 830. The van der Waals surface area contributed by atoms with Gasteiger partial charge in [-0.25, -0.2) is 19.0 Å².